The Morgan fingerprint density at radius 1 is 1.19 bits per heavy atom. The second kappa shape index (κ2) is 8.79. The topological polar surface area (TPSA) is 58.4 Å². The summed E-state index contributed by atoms with van der Waals surface area (Å²) in [5.74, 6) is -0.0811. The molecule has 0 spiro atoms. The molecule has 5 heteroatoms. The lowest BCUT2D eigenvalue weighted by Gasteiger charge is -2.30. The SMILES string of the molecule is CC(N)C(=O)NCCN(C(C)C)C(C)C.Cl. The highest BCUT2D eigenvalue weighted by Gasteiger charge is 2.13. The molecule has 0 aromatic rings. The summed E-state index contributed by atoms with van der Waals surface area (Å²) in [6, 6.07) is 0.575. The highest BCUT2D eigenvalue weighted by atomic mass is 35.5. The molecule has 0 aliphatic rings. The van der Waals surface area contributed by atoms with E-state index in [9.17, 15) is 4.79 Å². The maximum atomic E-state index is 11.2. The van der Waals surface area contributed by atoms with E-state index in [1.54, 1.807) is 6.92 Å². The van der Waals surface area contributed by atoms with Crippen LogP contribution in [0, 0.1) is 0 Å². The van der Waals surface area contributed by atoms with E-state index < -0.39 is 6.04 Å². The van der Waals surface area contributed by atoms with Crippen molar-refractivity contribution in [2.75, 3.05) is 13.1 Å². The van der Waals surface area contributed by atoms with Gasteiger partial charge in [-0.3, -0.25) is 9.69 Å². The summed E-state index contributed by atoms with van der Waals surface area (Å²) >= 11 is 0. The van der Waals surface area contributed by atoms with Crippen LogP contribution in [0.5, 0.6) is 0 Å². The van der Waals surface area contributed by atoms with E-state index in [1.165, 1.54) is 0 Å². The molecule has 1 atom stereocenters. The number of hydrogen-bond acceptors (Lipinski definition) is 3. The summed E-state index contributed by atoms with van der Waals surface area (Å²) in [5.41, 5.74) is 5.45. The minimum atomic E-state index is -0.420. The van der Waals surface area contributed by atoms with E-state index in [-0.39, 0.29) is 18.3 Å². The van der Waals surface area contributed by atoms with Gasteiger partial charge >= 0.3 is 0 Å². The summed E-state index contributed by atoms with van der Waals surface area (Å²) in [5, 5.41) is 2.82. The van der Waals surface area contributed by atoms with Gasteiger partial charge in [-0.15, -0.1) is 12.4 Å². The molecule has 3 N–H and O–H groups in total. The molecule has 0 saturated carbocycles. The third-order valence-electron chi connectivity index (χ3n) is 2.41. The highest BCUT2D eigenvalue weighted by Crippen LogP contribution is 2.03. The zero-order valence-electron chi connectivity index (χ0n) is 11.0. The number of carbonyl (C=O) groups is 1. The maximum Gasteiger partial charge on any atom is 0.236 e. The van der Waals surface area contributed by atoms with Crippen LogP contribution in [-0.4, -0.2) is 42.0 Å². The minimum Gasteiger partial charge on any atom is -0.353 e. The lowest BCUT2D eigenvalue weighted by atomic mass is 10.2. The number of hydrogen-bond donors (Lipinski definition) is 2. The summed E-state index contributed by atoms with van der Waals surface area (Å²) < 4.78 is 0. The molecule has 0 aliphatic carbocycles. The van der Waals surface area contributed by atoms with Gasteiger partial charge in [-0.2, -0.15) is 0 Å². The number of nitrogens with one attached hydrogen (secondary N) is 1. The van der Waals surface area contributed by atoms with Crippen molar-refractivity contribution >= 4 is 18.3 Å². The van der Waals surface area contributed by atoms with Gasteiger partial charge in [0.2, 0.25) is 5.91 Å². The smallest absolute Gasteiger partial charge is 0.236 e. The number of rotatable bonds is 6. The van der Waals surface area contributed by atoms with Crippen molar-refractivity contribution in [1.29, 1.82) is 0 Å². The van der Waals surface area contributed by atoms with Gasteiger partial charge in [-0.25, -0.2) is 0 Å². The van der Waals surface area contributed by atoms with Crippen LogP contribution in [0.3, 0.4) is 0 Å². The largest absolute Gasteiger partial charge is 0.353 e. The first-order valence-corrected chi connectivity index (χ1v) is 5.65. The molecule has 16 heavy (non-hydrogen) atoms. The van der Waals surface area contributed by atoms with Crippen molar-refractivity contribution < 1.29 is 4.79 Å². The van der Waals surface area contributed by atoms with Crippen LogP contribution in [-0.2, 0) is 4.79 Å². The van der Waals surface area contributed by atoms with Crippen molar-refractivity contribution in [2.45, 2.75) is 52.7 Å². The van der Waals surface area contributed by atoms with E-state index >= 15 is 0 Å². The molecule has 0 aromatic heterocycles. The molecular weight excluding hydrogens is 226 g/mol. The Morgan fingerprint density at radius 3 is 1.94 bits per heavy atom. The quantitative estimate of drug-likeness (QED) is 0.740. The Labute approximate surface area is 105 Å². The van der Waals surface area contributed by atoms with Gasteiger partial charge < -0.3 is 11.1 Å². The predicted molar refractivity (Wildman–Crippen MR) is 70.9 cm³/mol. The minimum absolute atomic E-state index is 0. The van der Waals surface area contributed by atoms with E-state index in [1.807, 2.05) is 0 Å². The Morgan fingerprint density at radius 2 is 1.62 bits per heavy atom. The second-order valence-corrected chi connectivity index (χ2v) is 4.51. The third-order valence-corrected chi connectivity index (χ3v) is 2.41. The first-order chi connectivity index (χ1) is 6.86. The number of carbonyl (C=O) groups excluding carboxylic acids is 1. The van der Waals surface area contributed by atoms with Gasteiger partial charge in [-0.1, -0.05) is 0 Å². The maximum absolute atomic E-state index is 11.2. The van der Waals surface area contributed by atoms with Gasteiger partial charge in [0.05, 0.1) is 6.04 Å². The lowest BCUT2D eigenvalue weighted by molar-refractivity contribution is -0.122. The van der Waals surface area contributed by atoms with Crippen molar-refractivity contribution in [2.24, 2.45) is 5.73 Å². The van der Waals surface area contributed by atoms with Crippen LogP contribution in [0.1, 0.15) is 34.6 Å². The molecule has 0 radical (unpaired) electrons. The first-order valence-electron chi connectivity index (χ1n) is 5.65. The molecule has 0 rings (SSSR count). The molecule has 0 aliphatic heterocycles. The van der Waals surface area contributed by atoms with E-state index in [4.69, 9.17) is 5.73 Å². The normalized spacial score (nSPS) is 12.8. The predicted octanol–water partition coefficient (Wildman–Crippen LogP) is 0.990. The van der Waals surface area contributed by atoms with Crippen molar-refractivity contribution in [1.82, 2.24) is 10.2 Å². The van der Waals surface area contributed by atoms with Crippen LogP contribution in [0.25, 0.3) is 0 Å². The Bertz CT molecular complexity index is 188. The standard InChI is InChI=1S/C11H25N3O.ClH/c1-8(2)14(9(3)4)7-6-13-11(15)10(5)12;/h8-10H,6-7,12H2,1-5H3,(H,13,15);1H. The van der Waals surface area contributed by atoms with Gasteiger partial charge in [-0.05, 0) is 34.6 Å². The number of halogens is 1. The molecule has 0 saturated heterocycles. The van der Waals surface area contributed by atoms with E-state index in [2.05, 4.69) is 37.9 Å². The van der Waals surface area contributed by atoms with Crippen LogP contribution >= 0.6 is 12.4 Å². The lowest BCUT2D eigenvalue weighted by Crippen LogP contribution is -2.45. The second-order valence-electron chi connectivity index (χ2n) is 4.51. The fourth-order valence-electron chi connectivity index (χ4n) is 1.58. The zero-order chi connectivity index (χ0) is 12.0. The van der Waals surface area contributed by atoms with Gasteiger partial charge in [0.25, 0.3) is 0 Å². The summed E-state index contributed by atoms with van der Waals surface area (Å²) in [4.78, 5) is 13.5. The average molecular weight is 252 g/mol. The van der Waals surface area contributed by atoms with E-state index in [0.29, 0.717) is 18.6 Å². The van der Waals surface area contributed by atoms with Crippen molar-refractivity contribution in [3.8, 4) is 0 Å². The van der Waals surface area contributed by atoms with Crippen LogP contribution in [0.2, 0.25) is 0 Å². The number of amides is 1. The molecule has 0 fully saturated rings. The fraction of sp³-hybridized carbons (Fsp3) is 0.909. The zero-order valence-corrected chi connectivity index (χ0v) is 11.8. The average Bonchev–Trinajstić information content (AvgIpc) is 2.10. The van der Waals surface area contributed by atoms with Crippen molar-refractivity contribution in [3.63, 3.8) is 0 Å². The third kappa shape index (κ3) is 7.04. The Balaban J connectivity index is 0. The van der Waals surface area contributed by atoms with E-state index in [0.717, 1.165) is 6.54 Å². The van der Waals surface area contributed by atoms with Crippen LogP contribution in [0.15, 0.2) is 0 Å². The first kappa shape index (κ1) is 18.1. The summed E-state index contributed by atoms with van der Waals surface area (Å²) in [7, 11) is 0. The molecule has 4 nitrogen and oxygen atoms in total. The molecule has 1 amide bonds. The molecule has 98 valence electrons. The van der Waals surface area contributed by atoms with Gasteiger partial charge in [0.15, 0.2) is 0 Å². The number of nitrogens with zero attached hydrogens (tertiary/aromatic N) is 1. The monoisotopic (exact) mass is 251 g/mol. The number of nitrogens with two attached hydrogens (primary N) is 1. The van der Waals surface area contributed by atoms with Gasteiger partial charge in [0.1, 0.15) is 0 Å². The Hall–Kier alpha value is -0.320. The van der Waals surface area contributed by atoms with Crippen molar-refractivity contribution in [3.05, 3.63) is 0 Å². The summed E-state index contributed by atoms with van der Waals surface area (Å²) in [6.45, 7) is 11.9. The molecule has 0 heterocycles. The van der Waals surface area contributed by atoms with Crippen LogP contribution in [0.4, 0.5) is 0 Å². The summed E-state index contributed by atoms with van der Waals surface area (Å²) in [6.07, 6.45) is 0. The Kier molecular flexibility index (Phi) is 9.92. The molecule has 1 unspecified atom stereocenters. The van der Waals surface area contributed by atoms with Crippen LogP contribution < -0.4 is 11.1 Å². The highest BCUT2D eigenvalue weighted by molar-refractivity contribution is 5.85. The molecule has 0 bridgehead atoms. The fourth-order valence-corrected chi connectivity index (χ4v) is 1.58. The molecular formula is C11H26ClN3O. The molecule has 0 aromatic carbocycles. The van der Waals surface area contributed by atoms with Gasteiger partial charge in [0, 0.05) is 25.2 Å².